The number of aromatic nitrogens is 5. The zero-order chi connectivity index (χ0) is 19.8. The van der Waals surface area contributed by atoms with E-state index in [-0.39, 0.29) is 11.9 Å². The fourth-order valence-electron chi connectivity index (χ4n) is 4.51. The number of carbonyl (C=O) groups excluding carboxylic acids is 1. The van der Waals surface area contributed by atoms with Crippen LogP contribution < -0.4 is 5.32 Å². The van der Waals surface area contributed by atoms with Gasteiger partial charge in [-0.1, -0.05) is 0 Å². The minimum Gasteiger partial charge on any atom is -0.348 e. The molecule has 1 aliphatic heterocycles. The number of hydrogen-bond donors (Lipinski definition) is 1. The smallest absolute Gasteiger partial charge is 0.271 e. The maximum atomic E-state index is 13.5. The summed E-state index contributed by atoms with van der Waals surface area (Å²) in [6.45, 7) is 1.42. The van der Waals surface area contributed by atoms with Crippen LogP contribution in [0.5, 0.6) is 0 Å². The molecular formula is C20H24FN7O. The van der Waals surface area contributed by atoms with E-state index in [0.717, 1.165) is 37.7 Å². The van der Waals surface area contributed by atoms with Crippen LogP contribution in [0.15, 0.2) is 37.2 Å². The molecule has 0 bridgehead atoms. The Labute approximate surface area is 167 Å². The second-order valence-corrected chi connectivity index (χ2v) is 7.94. The summed E-state index contributed by atoms with van der Waals surface area (Å²) in [5, 5.41) is 7.39. The number of imidazole rings is 1. The van der Waals surface area contributed by atoms with Crippen LogP contribution >= 0.6 is 0 Å². The van der Waals surface area contributed by atoms with Crippen molar-refractivity contribution in [1.29, 1.82) is 0 Å². The molecule has 152 valence electrons. The van der Waals surface area contributed by atoms with Crippen LogP contribution in [0.3, 0.4) is 0 Å². The van der Waals surface area contributed by atoms with E-state index in [2.05, 4.69) is 25.3 Å². The summed E-state index contributed by atoms with van der Waals surface area (Å²) in [5.74, 6) is 0.420. The van der Waals surface area contributed by atoms with Gasteiger partial charge in [-0.15, -0.1) is 0 Å². The predicted octanol–water partition coefficient (Wildman–Crippen LogP) is 2.00. The number of carbonyl (C=O) groups is 1. The number of likely N-dealkylation sites (tertiary alicyclic amines) is 1. The zero-order valence-corrected chi connectivity index (χ0v) is 16.1. The van der Waals surface area contributed by atoms with E-state index in [1.165, 1.54) is 0 Å². The van der Waals surface area contributed by atoms with Gasteiger partial charge in [0, 0.05) is 37.6 Å². The van der Waals surface area contributed by atoms with Crippen molar-refractivity contribution < 1.29 is 9.18 Å². The lowest BCUT2D eigenvalue weighted by molar-refractivity contribution is 0.0904. The van der Waals surface area contributed by atoms with Crippen LogP contribution in [-0.2, 0) is 0 Å². The van der Waals surface area contributed by atoms with Gasteiger partial charge >= 0.3 is 0 Å². The van der Waals surface area contributed by atoms with Crippen molar-refractivity contribution >= 4 is 11.4 Å². The lowest BCUT2D eigenvalue weighted by atomic mass is 9.90. The summed E-state index contributed by atoms with van der Waals surface area (Å²) in [5.41, 5.74) is 1.13. The van der Waals surface area contributed by atoms with Gasteiger partial charge in [-0.3, -0.25) is 14.3 Å². The molecule has 0 spiro atoms. The second-order valence-electron chi connectivity index (χ2n) is 7.94. The summed E-state index contributed by atoms with van der Waals surface area (Å²) in [6, 6.07) is 2.41. The van der Waals surface area contributed by atoms with Crippen molar-refractivity contribution in [2.45, 2.75) is 50.4 Å². The van der Waals surface area contributed by atoms with Gasteiger partial charge in [-0.25, -0.2) is 18.9 Å². The standard InChI is InChI=1S/C20H24FN7O/c21-14-6-9-26(11-14)16-3-1-15(2-4-16)24-20(29)17-12-28-18(5-7-23-28)19(25-17)27-10-8-22-13-27/h5,7-8,10,12-16H,1-4,6,9,11H2,(H,24,29)/t14-,15?,16?/m0/s1. The van der Waals surface area contributed by atoms with Gasteiger partial charge < -0.3 is 5.32 Å². The molecule has 0 unspecified atom stereocenters. The molecule has 3 aromatic rings. The topological polar surface area (TPSA) is 80.4 Å². The van der Waals surface area contributed by atoms with E-state index < -0.39 is 6.17 Å². The molecule has 0 radical (unpaired) electrons. The maximum Gasteiger partial charge on any atom is 0.271 e. The third kappa shape index (κ3) is 3.62. The SMILES string of the molecule is O=C(NC1CCC(N2CC[C@H](F)C2)CC1)c1cn2nccc2c(-n2ccnc2)n1. The fraction of sp³-hybridized carbons (Fsp3) is 0.500. The summed E-state index contributed by atoms with van der Waals surface area (Å²) in [4.78, 5) is 23.8. The summed E-state index contributed by atoms with van der Waals surface area (Å²) in [6.07, 6.45) is 12.2. The highest BCUT2D eigenvalue weighted by Crippen LogP contribution is 2.27. The number of nitrogens with zero attached hydrogens (tertiary/aromatic N) is 6. The number of nitrogens with one attached hydrogen (secondary N) is 1. The van der Waals surface area contributed by atoms with E-state index in [4.69, 9.17) is 0 Å². The van der Waals surface area contributed by atoms with Gasteiger partial charge in [0.2, 0.25) is 0 Å². The first-order chi connectivity index (χ1) is 14.2. The van der Waals surface area contributed by atoms with E-state index in [0.29, 0.717) is 30.5 Å². The molecule has 4 heterocycles. The van der Waals surface area contributed by atoms with Crippen LogP contribution in [-0.4, -0.2) is 66.3 Å². The Balaban J connectivity index is 1.27. The molecule has 5 rings (SSSR count). The van der Waals surface area contributed by atoms with Crippen LogP contribution in [0, 0.1) is 0 Å². The highest BCUT2D eigenvalue weighted by atomic mass is 19.1. The molecule has 1 amide bonds. The van der Waals surface area contributed by atoms with Crippen LogP contribution in [0.25, 0.3) is 11.3 Å². The minimum absolute atomic E-state index is 0.120. The lowest BCUT2D eigenvalue weighted by Gasteiger charge is -2.34. The van der Waals surface area contributed by atoms with Crippen LogP contribution in [0.2, 0.25) is 0 Å². The molecule has 8 nitrogen and oxygen atoms in total. The first-order valence-corrected chi connectivity index (χ1v) is 10.2. The van der Waals surface area contributed by atoms with Crippen molar-refractivity contribution in [2.75, 3.05) is 13.1 Å². The molecule has 9 heteroatoms. The average molecular weight is 397 g/mol. The molecule has 1 saturated carbocycles. The number of halogens is 1. The number of rotatable bonds is 4. The molecule has 2 fully saturated rings. The highest BCUT2D eigenvalue weighted by molar-refractivity contribution is 5.93. The van der Waals surface area contributed by atoms with Gasteiger partial charge in [-0.2, -0.15) is 5.10 Å². The Bertz CT molecular complexity index is 994. The van der Waals surface area contributed by atoms with Gasteiger partial charge in [0.1, 0.15) is 23.7 Å². The summed E-state index contributed by atoms with van der Waals surface area (Å²) >= 11 is 0. The second kappa shape index (κ2) is 7.55. The Kier molecular flexibility index (Phi) is 4.75. The summed E-state index contributed by atoms with van der Waals surface area (Å²) < 4.78 is 16.9. The molecule has 1 atom stereocenters. The van der Waals surface area contributed by atoms with Crippen LogP contribution in [0.4, 0.5) is 4.39 Å². The number of alkyl halides is 1. The van der Waals surface area contributed by atoms with Crippen molar-refractivity contribution in [2.24, 2.45) is 0 Å². The number of fused-ring (bicyclic) bond motifs is 1. The molecule has 1 aliphatic carbocycles. The molecule has 1 saturated heterocycles. The number of hydrogen-bond acceptors (Lipinski definition) is 5. The molecule has 2 aliphatic rings. The summed E-state index contributed by atoms with van der Waals surface area (Å²) in [7, 11) is 0. The van der Waals surface area contributed by atoms with Gasteiger partial charge in [0.05, 0.1) is 12.4 Å². The van der Waals surface area contributed by atoms with Gasteiger partial charge in [0.15, 0.2) is 5.82 Å². The highest BCUT2D eigenvalue weighted by Gasteiger charge is 2.31. The van der Waals surface area contributed by atoms with Gasteiger partial charge in [0.25, 0.3) is 5.91 Å². The first kappa shape index (κ1) is 18.2. The van der Waals surface area contributed by atoms with Crippen molar-refractivity contribution in [1.82, 2.24) is 34.4 Å². The van der Waals surface area contributed by atoms with E-state index in [1.807, 2.05) is 6.07 Å². The zero-order valence-electron chi connectivity index (χ0n) is 16.1. The van der Waals surface area contributed by atoms with E-state index >= 15 is 0 Å². The van der Waals surface area contributed by atoms with Gasteiger partial charge in [-0.05, 0) is 38.2 Å². The van der Waals surface area contributed by atoms with Crippen LogP contribution in [0.1, 0.15) is 42.6 Å². The van der Waals surface area contributed by atoms with E-state index in [1.54, 1.807) is 40.2 Å². The maximum absolute atomic E-state index is 13.5. The van der Waals surface area contributed by atoms with Crippen molar-refractivity contribution in [3.63, 3.8) is 0 Å². The predicted molar refractivity (Wildman–Crippen MR) is 105 cm³/mol. The largest absolute Gasteiger partial charge is 0.348 e. The Morgan fingerprint density at radius 3 is 2.76 bits per heavy atom. The molecule has 3 aromatic heterocycles. The minimum atomic E-state index is -0.680. The average Bonchev–Trinajstić information content (AvgIpc) is 3.49. The normalized spacial score (nSPS) is 25.5. The molecule has 1 N–H and O–H groups in total. The molecule has 0 aromatic carbocycles. The monoisotopic (exact) mass is 397 g/mol. The molecular weight excluding hydrogens is 373 g/mol. The Morgan fingerprint density at radius 2 is 2.03 bits per heavy atom. The third-order valence-corrected chi connectivity index (χ3v) is 6.06. The molecule has 29 heavy (non-hydrogen) atoms. The van der Waals surface area contributed by atoms with Crippen molar-refractivity contribution in [3.8, 4) is 5.82 Å². The number of amides is 1. The quantitative estimate of drug-likeness (QED) is 0.728. The first-order valence-electron chi connectivity index (χ1n) is 10.2. The Hall–Kier alpha value is -2.81. The van der Waals surface area contributed by atoms with E-state index in [9.17, 15) is 9.18 Å². The van der Waals surface area contributed by atoms with Crippen molar-refractivity contribution in [3.05, 3.63) is 42.9 Å². The fourth-order valence-corrected chi connectivity index (χ4v) is 4.51. The Morgan fingerprint density at radius 1 is 1.17 bits per heavy atom. The third-order valence-electron chi connectivity index (χ3n) is 6.06. The lowest BCUT2D eigenvalue weighted by Crippen LogP contribution is -2.43.